The Morgan fingerprint density at radius 2 is 1.95 bits per heavy atom. The van der Waals surface area contributed by atoms with Crippen LogP contribution in [0, 0.1) is 16.7 Å². The fraction of sp³-hybridized carbons (Fsp3) is 0.429. The van der Waals surface area contributed by atoms with E-state index in [1.54, 1.807) is 0 Å². The first-order valence-electron chi connectivity index (χ1n) is 6.06. The quantitative estimate of drug-likeness (QED) is 0.781. The Morgan fingerprint density at radius 3 is 2.26 bits per heavy atom. The van der Waals surface area contributed by atoms with Crippen LogP contribution in [0.1, 0.15) is 24.0 Å². The minimum absolute atomic E-state index is 0.483. The summed E-state index contributed by atoms with van der Waals surface area (Å²) in [5.74, 6) is -0.545. The number of sulfone groups is 1. The molecule has 0 aromatic heterocycles. The number of aldehydes is 1. The second-order valence-corrected chi connectivity index (χ2v) is 7.15. The Balaban J connectivity index is 2.44. The highest BCUT2D eigenvalue weighted by Gasteiger charge is 2.71. The van der Waals surface area contributed by atoms with Gasteiger partial charge in [0.25, 0.3) is 0 Å². The molecule has 0 saturated heterocycles. The molecule has 100 valence electrons. The van der Waals surface area contributed by atoms with E-state index in [1.165, 1.54) is 0 Å². The fourth-order valence-electron chi connectivity index (χ4n) is 2.69. The second kappa shape index (κ2) is 4.46. The largest absolute Gasteiger partial charge is 0.302 e. The van der Waals surface area contributed by atoms with Crippen molar-refractivity contribution in [3.05, 3.63) is 35.4 Å². The molecule has 0 N–H and O–H groups in total. The molecule has 1 aliphatic rings. The molecule has 1 aromatic carbocycles. The molecule has 0 radical (unpaired) electrons. The van der Waals surface area contributed by atoms with E-state index in [0.717, 1.165) is 23.8 Å². The van der Waals surface area contributed by atoms with Gasteiger partial charge in [-0.25, -0.2) is 8.42 Å². The van der Waals surface area contributed by atoms with Gasteiger partial charge in [-0.1, -0.05) is 31.2 Å². The molecule has 19 heavy (non-hydrogen) atoms. The smallest absolute Gasteiger partial charge is 0.153 e. The van der Waals surface area contributed by atoms with Crippen molar-refractivity contribution in [1.29, 1.82) is 5.26 Å². The van der Waals surface area contributed by atoms with E-state index < -0.39 is 26.4 Å². The van der Waals surface area contributed by atoms with Crippen LogP contribution >= 0.6 is 0 Å². The summed E-state index contributed by atoms with van der Waals surface area (Å²) in [7, 11) is -3.43. The molecular formula is C14H15NO3S. The van der Waals surface area contributed by atoms with Crippen molar-refractivity contribution in [2.75, 3.05) is 6.26 Å². The number of aryl methyl sites for hydroxylation is 1. The van der Waals surface area contributed by atoms with Gasteiger partial charge < -0.3 is 4.79 Å². The molecule has 0 bridgehead atoms. The molecule has 5 heteroatoms. The topological polar surface area (TPSA) is 75.0 Å². The second-order valence-electron chi connectivity index (χ2n) is 4.99. The van der Waals surface area contributed by atoms with E-state index in [-0.39, 0.29) is 0 Å². The van der Waals surface area contributed by atoms with Crippen molar-refractivity contribution in [2.45, 2.75) is 24.5 Å². The van der Waals surface area contributed by atoms with E-state index in [4.69, 9.17) is 0 Å². The lowest BCUT2D eigenvalue weighted by molar-refractivity contribution is -0.110. The summed E-state index contributed by atoms with van der Waals surface area (Å²) in [6.07, 6.45) is 2.45. The van der Waals surface area contributed by atoms with Crippen LogP contribution in [0.25, 0.3) is 0 Å². The van der Waals surface area contributed by atoms with Crippen LogP contribution in [0.3, 0.4) is 0 Å². The van der Waals surface area contributed by atoms with Crippen LogP contribution in [0.5, 0.6) is 0 Å². The molecule has 0 unspecified atom stereocenters. The molecule has 1 aliphatic carbocycles. The Bertz CT molecular complexity index is 642. The molecule has 1 saturated carbocycles. The van der Waals surface area contributed by atoms with Gasteiger partial charge in [-0.15, -0.1) is 0 Å². The Hall–Kier alpha value is -1.67. The highest BCUT2D eigenvalue weighted by atomic mass is 32.2. The zero-order valence-corrected chi connectivity index (χ0v) is 11.6. The van der Waals surface area contributed by atoms with Crippen LogP contribution in [-0.2, 0) is 21.1 Å². The first-order valence-corrected chi connectivity index (χ1v) is 8.01. The summed E-state index contributed by atoms with van der Waals surface area (Å²) >= 11 is 0. The average Bonchev–Trinajstić information content (AvgIpc) is 3.09. The monoisotopic (exact) mass is 277 g/mol. The SMILES string of the molecule is CCc1ccc([C@H]2[C@H](S(C)(=O)=O)[C@]2(C#N)C=O)cc1. The van der Waals surface area contributed by atoms with E-state index in [9.17, 15) is 18.5 Å². The fourth-order valence-corrected chi connectivity index (χ4v) is 4.45. The Labute approximate surface area is 113 Å². The lowest BCUT2D eigenvalue weighted by atomic mass is 10.0. The third kappa shape index (κ3) is 2.06. The van der Waals surface area contributed by atoms with Crippen molar-refractivity contribution in [3.63, 3.8) is 0 Å². The predicted molar refractivity (Wildman–Crippen MR) is 71.3 cm³/mol. The van der Waals surface area contributed by atoms with E-state index in [2.05, 4.69) is 0 Å². The van der Waals surface area contributed by atoms with Gasteiger partial charge in [0.2, 0.25) is 0 Å². The Morgan fingerprint density at radius 1 is 1.37 bits per heavy atom. The maximum atomic E-state index is 11.7. The summed E-state index contributed by atoms with van der Waals surface area (Å²) in [4.78, 5) is 11.2. The number of benzene rings is 1. The number of rotatable bonds is 4. The van der Waals surface area contributed by atoms with Gasteiger partial charge in [-0.05, 0) is 17.5 Å². The summed E-state index contributed by atoms with van der Waals surface area (Å²) < 4.78 is 23.4. The van der Waals surface area contributed by atoms with E-state index in [0.29, 0.717) is 6.29 Å². The predicted octanol–water partition coefficient (Wildman–Crippen LogP) is 1.47. The van der Waals surface area contributed by atoms with Gasteiger partial charge in [0.15, 0.2) is 9.84 Å². The normalized spacial score (nSPS) is 29.5. The zero-order valence-electron chi connectivity index (χ0n) is 10.8. The molecule has 1 fully saturated rings. The maximum Gasteiger partial charge on any atom is 0.153 e. The first-order chi connectivity index (χ1) is 8.90. The van der Waals surface area contributed by atoms with Crippen LogP contribution in [0.15, 0.2) is 24.3 Å². The maximum absolute atomic E-state index is 11.7. The van der Waals surface area contributed by atoms with Gasteiger partial charge in [0.05, 0.1) is 11.3 Å². The molecule has 2 rings (SSSR count). The van der Waals surface area contributed by atoms with Crippen molar-refractivity contribution in [3.8, 4) is 6.07 Å². The average molecular weight is 277 g/mol. The molecule has 1 aromatic rings. The van der Waals surface area contributed by atoms with Gasteiger partial charge in [0, 0.05) is 12.2 Å². The van der Waals surface area contributed by atoms with Crippen molar-refractivity contribution < 1.29 is 13.2 Å². The number of hydrogen-bond acceptors (Lipinski definition) is 4. The molecule has 0 amide bonds. The number of hydrogen-bond donors (Lipinski definition) is 0. The molecule has 0 heterocycles. The van der Waals surface area contributed by atoms with Gasteiger partial charge >= 0.3 is 0 Å². The first kappa shape index (κ1) is 13.8. The molecule has 0 aliphatic heterocycles. The van der Waals surface area contributed by atoms with Crippen molar-refractivity contribution >= 4 is 16.1 Å². The van der Waals surface area contributed by atoms with E-state index >= 15 is 0 Å². The summed E-state index contributed by atoms with van der Waals surface area (Å²) in [5, 5.41) is 8.26. The van der Waals surface area contributed by atoms with Gasteiger partial charge in [-0.3, -0.25) is 0 Å². The summed E-state index contributed by atoms with van der Waals surface area (Å²) in [6.45, 7) is 2.02. The molecule has 0 spiro atoms. The highest BCUT2D eigenvalue weighted by Crippen LogP contribution is 2.61. The number of nitriles is 1. The number of carbonyl (C=O) groups is 1. The number of carbonyl (C=O) groups excluding carboxylic acids is 1. The zero-order chi connectivity index (χ0) is 14.3. The molecular weight excluding hydrogens is 262 g/mol. The van der Waals surface area contributed by atoms with Crippen LogP contribution < -0.4 is 0 Å². The molecule has 4 nitrogen and oxygen atoms in total. The standard InChI is InChI=1S/C14H15NO3S/c1-3-10-4-6-11(7-5-10)12-13(19(2,17)18)14(12,8-15)9-16/h4-7,9,12-13H,3H2,1-2H3/t12-,13-,14+/m0/s1. The summed E-state index contributed by atoms with van der Waals surface area (Å²) in [6, 6.07) is 9.31. The van der Waals surface area contributed by atoms with E-state index in [1.807, 2.05) is 37.3 Å². The molecule has 3 atom stereocenters. The minimum Gasteiger partial charge on any atom is -0.302 e. The highest BCUT2D eigenvalue weighted by molar-refractivity contribution is 7.91. The Kier molecular flexibility index (Phi) is 3.23. The minimum atomic E-state index is -3.43. The third-order valence-corrected chi connectivity index (χ3v) is 5.36. The summed E-state index contributed by atoms with van der Waals surface area (Å²) in [5.41, 5.74) is 0.455. The van der Waals surface area contributed by atoms with Crippen LogP contribution in [-0.4, -0.2) is 26.2 Å². The van der Waals surface area contributed by atoms with Crippen LogP contribution in [0.2, 0.25) is 0 Å². The number of nitrogens with zero attached hydrogens (tertiary/aromatic N) is 1. The lowest BCUT2D eigenvalue weighted by Gasteiger charge is -2.02. The van der Waals surface area contributed by atoms with Crippen molar-refractivity contribution in [1.82, 2.24) is 0 Å². The van der Waals surface area contributed by atoms with Gasteiger partial charge in [-0.2, -0.15) is 5.26 Å². The van der Waals surface area contributed by atoms with Gasteiger partial charge in [0.1, 0.15) is 11.7 Å². The lowest BCUT2D eigenvalue weighted by Crippen LogP contribution is -2.14. The van der Waals surface area contributed by atoms with Crippen LogP contribution in [0.4, 0.5) is 0 Å². The third-order valence-electron chi connectivity index (χ3n) is 3.78. The van der Waals surface area contributed by atoms with Crippen molar-refractivity contribution in [2.24, 2.45) is 5.41 Å².